The summed E-state index contributed by atoms with van der Waals surface area (Å²) in [6.45, 7) is 3.09. The number of hydrogen-bond acceptors (Lipinski definition) is 3. The van der Waals surface area contributed by atoms with E-state index < -0.39 is 6.67 Å². The Morgan fingerprint density at radius 1 is 1.41 bits per heavy atom. The Morgan fingerprint density at radius 3 is 2.82 bits per heavy atom. The highest BCUT2D eigenvalue weighted by molar-refractivity contribution is 5.34. The predicted octanol–water partition coefficient (Wildman–Crippen LogP) is 1.47. The molecule has 1 aliphatic heterocycles. The minimum absolute atomic E-state index is 0.217. The van der Waals surface area contributed by atoms with E-state index in [-0.39, 0.29) is 6.04 Å². The molecular formula is C13H16FN3. The van der Waals surface area contributed by atoms with Gasteiger partial charge in [0, 0.05) is 26.2 Å². The first-order valence-corrected chi connectivity index (χ1v) is 5.86. The number of piperazine rings is 1. The van der Waals surface area contributed by atoms with Crippen LogP contribution in [0.3, 0.4) is 0 Å². The summed E-state index contributed by atoms with van der Waals surface area (Å²) in [7, 11) is 0. The second-order valence-corrected chi connectivity index (χ2v) is 4.19. The number of hydrogen-bond donors (Lipinski definition) is 1. The summed E-state index contributed by atoms with van der Waals surface area (Å²) in [6, 6.07) is 9.12. The zero-order chi connectivity index (χ0) is 12.1. The Kier molecular flexibility index (Phi) is 4.08. The topological polar surface area (TPSA) is 39.1 Å². The van der Waals surface area contributed by atoms with Gasteiger partial charge >= 0.3 is 0 Å². The number of nitrogens with zero attached hydrogens (tertiary/aromatic N) is 2. The van der Waals surface area contributed by atoms with Crippen molar-refractivity contribution in [3.8, 4) is 6.07 Å². The van der Waals surface area contributed by atoms with Crippen molar-refractivity contribution in [2.75, 3.05) is 32.9 Å². The fourth-order valence-corrected chi connectivity index (χ4v) is 2.21. The van der Waals surface area contributed by atoms with Crippen molar-refractivity contribution < 1.29 is 4.39 Å². The Balaban J connectivity index is 2.18. The van der Waals surface area contributed by atoms with Gasteiger partial charge < -0.3 is 5.32 Å². The van der Waals surface area contributed by atoms with Crippen LogP contribution in [0.15, 0.2) is 24.3 Å². The molecule has 0 unspecified atom stereocenters. The van der Waals surface area contributed by atoms with E-state index >= 15 is 0 Å². The van der Waals surface area contributed by atoms with Gasteiger partial charge in [0.15, 0.2) is 0 Å². The summed E-state index contributed by atoms with van der Waals surface area (Å²) in [5, 5.41) is 12.1. The number of alkyl halides is 1. The van der Waals surface area contributed by atoms with Crippen molar-refractivity contribution in [1.29, 1.82) is 5.26 Å². The Hall–Kier alpha value is -1.44. The zero-order valence-corrected chi connectivity index (χ0v) is 9.69. The number of benzene rings is 1. The first kappa shape index (κ1) is 12.0. The number of rotatable bonds is 3. The van der Waals surface area contributed by atoms with E-state index in [2.05, 4.69) is 16.3 Å². The first-order chi connectivity index (χ1) is 8.35. The molecule has 1 fully saturated rings. The van der Waals surface area contributed by atoms with E-state index in [4.69, 9.17) is 5.26 Å². The number of nitrogens with one attached hydrogen (secondary N) is 1. The lowest BCUT2D eigenvalue weighted by Crippen LogP contribution is -2.45. The first-order valence-electron chi connectivity index (χ1n) is 5.86. The highest BCUT2D eigenvalue weighted by Crippen LogP contribution is 2.22. The van der Waals surface area contributed by atoms with Gasteiger partial charge in [-0.3, -0.25) is 4.90 Å². The summed E-state index contributed by atoms with van der Waals surface area (Å²) in [6.07, 6.45) is 0. The monoisotopic (exact) mass is 233 g/mol. The molecule has 0 amide bonds. The molecule has 1 N–H and O–H groups in total. The average Bonchev–Trinajstić information content (AvgIpc) is 2.41. The van der Waals surface area contributed by atoms with Crippen LogP contribution in [0.2, 0.25) is 0 Å². The fraction of sp³-hybridized carbons (Fsp3) is 0.462. The van der Waals surface area contributed by atoms with Crippen LogP contribution in [0.5, 0.6) is 0 Å². The Morgan fingerprint density at radius 2 is 2.18 bits per heavy atom. The SMILES string of the molecule is N#Cc1cccc([C@H](CF)N2CCNCC2)c1. The molecule has 3 nitrogen and oxygen atoms in total. The van der Waals surface area contributed by atoms with Crippen LogP contribution >= 0.6 is 0 Å². The van der Waals surface area contributed by atoms with Gasteiger partial charge in [0.25, 0.3) is 0 Å². The summed E-state index contributed by atoms with van der Waals surface area (Å²) in [5.74, 6) is 0. The fourth-order valence-electron chi connectivity index (χ4n) is 2.21. The van der Waals surface area contributed by atoms with Crippen molar-refractivity contribution >= 4 is 0 Å². The van der Waals surface area contributed by atoms with Crippen molar-refractivity contribution in [2.45, 2.75) is 6.04 Å². The lowest BCUT2D eigenvalue weighted by atomic mass is 10.0. The van der Waals surface area contributed by atoms with Crippen LogP contribution in [0, 0.1) is 11.3 Å². The minimum Gasteiger partial charge on any atom is -0.314 e. The molecule has 0 aromatic heterocycles. The third kappa shape index (κ3) is 2.82. The maximum atomic E-state index is 13.2. The highest BCUT2D eigenvalue weighted by Gasteiger charge is 2.22. The van der Waals surface area contributed by atoms with Crippen molar-refractivity contribution in [3.05, 3.63) is 35.4 Å². The van der Waals surface area contributed by atoms with E-state index in [0.717, 1.165) is 31.7 Å². The largest absolute Gasteiger partial charge is 0.314 e. The smallest absolute Gasteiger partial charge is 0.109 e. The lowest BCUT2D eigenvalue weighted by molar-refractivity contribution is 0.147. The highest BCUT2D eigenvalue weighted by atomic mass is 19.1. The van der Waals surface area contributed by atoms with E-state index in [0.29, 0.717) is 5.56 Å². The molecule has 90 valence electrons. The molecule has 1 aliphatic rings. The third-order valence-electron chi connectivity index (χ3n) is 3.14. The molecule has 1 heterocycles. The molecule has 0 aliphatic carbocycles. The molecule has 0 radical (unpaired) electrons. The van der Waals surface area contributed by atoms with E-state index in [1.54, 1.807) is 12.1 Å². The second kappa shape index (κ2) is 5.76. The van der Waals surface area contributed by atoms with Gasteiger partial charge in [-0.1, -0.05) is 12.1 Å². The molecule has 1 aromatic carbocycles. The van der Waals surface area contributed by atoms with Crippen LogP contribution in [-0.2, 0) is 0 Å². The molecule has 1 saturated heterocycles. The summed E-state index contributed by atoms with van der Waals surface area (Å²) in [5.41, 5.74) is 1.49. The maximum absolute atomic E-state index is 13.2. The minimum atomic E-state index is -0.408. The van der Waals surface area contributed by atoms with Gasteiger partial charge in [0.2, 0.25) is 0 Å². The standard InChI is InChI=1S/C13H16FN3/c14-9-13(17-6-4-16-5-7-17)12-3-1-2-11(8-12)10-15/h1-3,8,13,16H,4-7,9H2/t13-/m0/s1. The summed E-state index contributed by atoms with van der Waals surface area (Å²) >= 11 is 0. The molecule has 1 aromatic rings. The molecule has 4 heteroatoms. The average molecular weight is 233 g/mol. The van der Waals surface area contributed by atoms with Crippen molar-refractivity contribution in [2.24, 2.45) is 0 Å². The van der Waals surface area contributed by atoms with Crippen molar-refractivity contribution in [3.63, 3.8) is 0 Å². The van der Waals surface area contributed by atoms with Gasteiger partial charge in [0.1, 0.15) is 6.67 Å². The van der Waals surface area contributed by atoms with E-state index in [1.807, 2.05) is 12.1 Å². The number of halogens is 1. The van der Waals surface area contributed by atoms with Gasteiger partial charge in [0.05, 0.1) is 17.7 Å². The van der Waals surface area contributed by atoms with Gasteiger partial charge in [-0.2, -0.15) is 5.26 Å². The van der Waals surface area contributed by atoms with Crippen LogP contribution < -0.4 is 5.32 Å². The van der Waals surface area contributed by atoms with Crippen LogP contribution in [0.25, 0.3) is 0 Å². The second-order valence-electron chi connectivity index (χ2n) is 4.19. The maximum Gasteiger partial charge on any atom is 0.109 e. The quantitative estimate of drug-likeness (QED) is 0.859. The van der Waals surface area contributed by atoms with Crippen LogP contribution in [0.4, 0.5) is 4.39 Å². The van der Waals surface area contributed by atoms with Crippen LogP contribution in [0.1, 0.15) is 17.2 Å². The summed E-state index contributed by atoms with van der Waals surface area (Å²) < 4.78 is 13.2. The normalized spacial score (nSPS) is 18.6. The van der Waals surface area contributed by atoms with Gasteiger partial charge in [-0.05, 0) is 17.7 Å². The molecule has 0 saturated carbocycles. The summed E-state index contributed by atoms with van der Waals surface area (Å²) in [4.78, 5) is 2.13. The molecule has 0 spiro atoms. The Bertz CT molecular complexity index is 407. The Labute approximate surface area is 101 Å². The molecule has 0 bridgehead atoms. The van der Waals surface area contributed by atoms with E-state index in [9.17, 15) is 4.39 Å². The zero-order valence-electron chi connectivity index (χ0n) is 9.69. The predicted molar refractivity (Wildman–Crippen MR) is 64.3 cm³/mol. The molecule has 1 atom stereocenters. The molecule has 17 heavy (non-hydrogen) atoms. The van der Waals surface area contributed by atoms with Crippen molar-refractivity contribution in [1.82, 2.24) is 10.2 Å². The molecular weight excluding hydrogens is 217 g/mol. The third-order valence-corrected chi connectivity index (χ3v) is 3.14. The number of nitriles is 1. The van der Waals surface area contributed by atoms with Gasteiger partial charge in [-0.15, -0.1) is 0 Å². The molecule has 2 rings (SSSR count). The lowest BCUT2D eigenvalue weighted by Gasteiger charge is -2.33. The van der Waals surface area contributed by atoms with Gasteiger partial charge in [-0.25, -0.2) is 4.39 Å². The van der Waals surface area contributed by atoms with E-state index in [1.165, 1.54) is 0 Å². The van der Waals surface area contributed by atoms with Crippen LogP contribution in [-0.4, -0.2) is 37.8 Å².